The topological polar surface area (TPSA) is 78.9 Å². The third kappa shape index (κ3) is 57.6. The van der Waals surface area contributed by atoms with Crippen molar-refractivity contribution in [3.05, 3.63) is 72.9 Å². The standard InChI is InChI=1S/C65H114O6/c1-4-7-10-13-16-19-22-25-28-31-34-37-40-43-46-49-52-55-58-64(67)70-61-62(60-69-63(66)57-54-51-48-45-42-39-36-33-30-27-24-21-18-15-12-9-6-3)71-65(68)59-56-53-50-47-44-41-38-35-32-29-26-23-20-17-14-11-8-5-2/h16,19,22,25,27-28,30-31,34-35,37-38,62H,4-15,17-18,20-21,23-24,26,29,32-33,36,39-61H2,1-3H3/b19-16-,25-22-,30-27-,31-28-,37-34-,38-35-. The molecule has 0 spiro atoms. The van der Waals surface area contributed by atoms with E-state index >= 15 is 0 Å². The zero-order valence-electron chi connectivity index (χ0n) is 47.0. The molecule has 0 aromatic heterocycles. The van der Waals surface area contributed by atoms with Crippen molar-refractivity contribution < 1.29 is 28.6 Å². The molecule has 0 bridgehead atoms. The van der Waals surface area contributed by atoms with Gasteiger partial charge in [0.2, 0.25) is 0 Å². The summed E-state index contributed by atoms with van der Waals surface area (Å²) in [5.41, 5.74) is 0. The van der Waals surface area contributed by atoms with E-state index < -0.39 is 6.10 Å². The molecule has 0 aliphatic heterocycles. The van der Waals surface area contributed by atoms with Crippen LogP contribution < -0.4 is 0 Å². The highest BCUT2D eigenvalue weighted by Gasteiger charge is 2.19. The molecule has 0 heterocycles. The van der Waals surface area contributed by atoms with Crippen LogP contribution in [0.1, 0.15) is 303 Å². The number of carbonyl (C=O) groups is 3. The molecule has 0 radical (unpaired) electrons. The summed E-state index contributed by atoms with van der Waals surface area (Å²) in [5, 5.41) is 0. The van der Waals surface area contributed by atoms with Crippen LogP contribution in [0.3, 0.4) is 0 Å². The minimum absolute atomic E-state index is 0.0879. The predicted octanol–water partition coefficient (Wildman–Crippen LogP) is 20.5. The van der Waals surface area contributed by atoms with Crippen LogP contribution in [0.25, 0.3) is 0 Å². The van der Waals surface area contributed by atoms with Crippen molar-refractivity contribution in [3.8, 4) is 0 Å². The number of rotatable bonds is 55. The molecule has 0 amide bonds. The molecule has 0 aliphatic carbocycles. The summed E-state index contributed by atoms with van der Waals surface area (Å²) in [6.45, 7) is 6.60. The highest BCUT2D eigenvalue weighted by Crippen LogP contribution is 2.15. The highest BCUT2D eigenvalue weighted by atomic mass is 16.6. The first kappa shape index (κ1) is 67.8. The fourth-order valence-electron chi connectivity index (χ4n) is 8.62. The van der Waals surface area contributed by atoms with Gasteiger partial charge in [-0.25, -0.2) is 0 Å². The lowest BCUT2D eigenvalue weighted by atomic mass is 10.1. The van der Waals surface area contributed by atoms with Crippen molar-refractivity contribution in [1.29, 1.82) is 0 Å². The third-order valence-electron chi connectivity index (χ3n) is 13.2. The van der Waals surface area contributed by atoms with Crippen LogP contribution in [-0.2, 0) is 28.6 Å². The second-order valence-electron chi connectivity index (χ2n) is 20.3. The average Bonchev–Trinajstić information content (AvgIpc) is 3.37. The molecule has 0 N–H and O–H groups in total. The van der Waals surface area contributed by atoms with Gasteiger partial charge in [-0.3, -0.25) is 14.4 Å². The van der Waals surface area contributed by atoms with E-state index in [1.165, 1.54) is 167 Å². The molecule has 0 saturated heterocycles. The lowest BCUT2D eigenvalue weighted by Gasteiger charge is -2.18. The van der Waals surface area contributed by atoms with Crippen molar-refractivity contribution in [2.45, 2.75) is 309 Å². The summed E-state index contributed by atoms with van der Waals surface area (Å²) in [6.07, 6.45) is 76.0. The van der Waals surface area contributed by atoms with Gasteiger partial charge in [0.05, 0.1) is 0 Å². The third-order valence-corrected chi connectivity index (χ3v) is 13.2. The summed E-state index contributed by atoms with van der Waals surface area (Å²) < 4.78 is 16.9. The van der Waals surface area contributed by atoms with Crippen molar-refractivity contribution in [3.63, 3.8) is 0 Å². The number of allylic oxidation sites excluding steroid dienone is 12. The Morgan fingerprint density at radius 1 is 0.282 bits per heavy atom. The van der Waals surface area contributed by atoms with Crippen LogP contribution in [0.2, 0.25) is 0 Å². The van der Waals surface area contributed by atoms with Gasteiger partial charge in [-0.15, -0.1) is 0 Å². The Labute approximate surface area is 440 Å². The van der Waals surface area contributed by atoms with Crippen molar-refractivity contribution >= 4 is 17.9 Å². The lowest BCUT2D eigenvalue weighted by Crippen LogP contribution is -2.30. The smallest absolute Gasteiger partial charge is 0.306 e. The van der Waals surface area contributed by atoms with Crippen LogP contribution in [0.5, 0.6) is 0 Å². The number of unbranched alkanes of at least 4 members (excludes halogenated alkanes) is 35. The van der Waals surface area contributed by atoms with Crippen molar-refractivity contribution in [2.24, 2.45) is 0 Å². The molecule has 1 atom stereocenters. The summed E-state index contributed by atoms with van der Waals surface area (Å²) in [6, 6.07) is 0. The minimum Gasteiger partial charge on any atom is -0.462 e. The largest absolute Gasteiger partial charge is 0.462 e. The first-order chi connectivity index (χ1) is 35.0. The Balaban J connectivity index is 4.44. The van der Waals surface area contributed by atoms with Gasteiger partial charge in [0.25, 0.3) is 0 Å². The van der Waals surface area contributed by atoms with Gasteiger partial charge in [0.1, 0.15) is 13.2 Å². The second kappa shape index (κ2) is 59.4. The van der Waals surface area contributed by atoms with Crippen LogP contribution >= 0.6 is 0 Å². The Hall–Kier alpha value is -3.15. The summed E-state index contributed by atoms with van der Waals surface area (Å²) >= 11 is 0. The number of hydrogen-bond donors (Lipinski definition) is 0. The zero-order chi connectivity index (χ0) is 51.4. The maximum Gasteiger partial charge on any atom is 0.306 e. The van der Waals surface area contributed by atoms with Gasteiger partial charge in [-0.05, 0) is 96.3 Å². The molecule has 0 saturated carbocycles. The zero-order valence-corrected chi connectivity index (χ0v) is 47.0. The predicted molar refractivity (Wildman–Crippen MR) is 307 cm³/mol. The van der Waals surface area contributed by atoms with Crippen LogP contribution in [0.15, 0.2) is 72.9 Å². The van der Waals surface area contributed by atoms with E-state index in [9.17, 15) is 14.4 Å². The molecule has 0 aromatic rings. The first-order valence-corrected chi connectivity index (χ1v) is 30.5. The average molecular weight is 992 g/mol. The van der Waals surface area contributed by atoms with E-state index in [4.69, 9.17) is 14.2 Å². The minimum atomic E-state index is -0.792. The number of hydrogen-bond acceptors (Lipinski definition) is 6. The number of carbonyl (C=O) groups excluding carboxylic acids is 3. The fourth-order valence-corrected chi connectivity index (χ4v) is 8.62. The van der Waals surface area contributed by atoms with Gasteiger partial charge in [-0.1, -0.05) is 261 Å². The van der Waals surface area contributed by atoms with Gasteiger partial charge < -0.3 is 14.2 Å². The molecule has 6 nitrogen and oxygen atoms in total. The lowest BCUT2D eigenvalue weighted by molar-refractivity contribution is -0.167. The van der Waals surface area contributed by atoms with Crippen LogP contribution in [0.4, 0.5) is 0 Å². The second-order valence-corrected chi connectivity index (χ2v) is 20.3. The molecule has 0 rings (SSSR count). The Kier molecular flexibility index (Phi) is 56.8. The van der Waals surface area contributed by atoms with Crippen LogP contribution in [-0.4, -0.2) is 37.2 Å². The molecular formula is C65H114O6. The van der Waals surface area contributed by atoms with E-state index in [2.05, 4.69) is 93.7 Å². The normalized spacial score (nSPS) is 12.5. The van der Waals surface area contributed by atoms with Crippen LogP contribution in [0, 0.1) is 0 Å². The highest BCUT2D eigenvalue weighted by molar-refractivity contribution is 5.71. The Morgan fingerprint density at radius 3 is 0.859 bits per heavy atom. The summed E-state index contributed by atoms with van der Waals surface area (Å²) in [5.74, 6) is -0.912. The molecule has 0 fully saturated rings. The molecule has 6 heteroatoms. The summed E-state index contributed by atoms with van der Waals surface area (Å²) in [4.78, 5) is 38.2. The molecule has 410 valence electrons. The molecule has 1 unspecified atom stereocenters. The maximum atomic E-state index is 12.9. The molecular weight excluding hydrogens is 877 g/mol. The van der Waals surface area contributed by atoms with Gasteiger partial charge in [-0.2, -0.15) is 0 Å². The summed E-state index contributed by atoms with van der Waals surface area (Å²) in [7, 11) is 0. The number of esters is 3. The van der Waals surface area contributed by atoms with E-state index in [1.807, 2.05) is 0 Å². The fraction of sp³-hybridized carbons (Fsp3) is 0.769. The monoisotopic (exact) mass is 991 g/mol. The van der Waals surface area contributed by atoms with E-state index in [1.54, 1.807) is 0 Å². The van der Waals surface area contributed by atoms with E-state index in [0.717, 1.165) is 96.3 Å². The van der Waals surface area contributed by atoms with Crippen molar-refractivity contribution in [1.82, 2.24) is 0 Å². The van der Waals surface area contributed by atoms with E-state index in [0.29, 0.717) is 19.3 Å². The molecule has 0 aromatic carbocycles. The van der Waals surface area contributed by atoms with Gasteiger partial charge in [0, 0.05) is 19.3 Å². The number of ether oxygens (including phenoxy) is 3. The quantitative estimate of drug-likeness (QED) is 0.0199. The Bertz CT molecular complexity index is 1320. The first-order valence-electron chi connectivity index (χ1n) is 30.5. The SMILES string of the molecule is CCCCC\C=C/C=C\C=C/C=C\CCCCCCCC(=O)OCC(COC(=O)CCCCCCCCC/C=C\CCCCCCCC)OC(=O)CCCCCCC/C=C\CCCCCCCCCCC. The Morgan fingerprint density at radius 2 is 0.521 bits per heavy atom. The molecule has 71 heavy (non-hydrogen) atoms. The van der Waals surface area contributed by atoms with E-state index in [-0.39, 0.29) is 31.1 Å². The maximum absolute atomic E-state index is 12.9. The van der Waals surface area contributed by atoms with Gasteiger partial charge in [0.15, 0.2) is 6.10 Å². The van der Waals surface area contributed by atoms with Crippen molar-refractivity contribution in [2.75, 3.05) is 13.2 Å². The molecule has 0 aliphatic rings. The van der Waals surface area contributed by atoms with Gasteiger partial charge >= 0.3 is 17.9 Å².